The van der Waals surface area contributed by atoms with Gasteiger partial charge in [-0.25, -0.2) is 4.79 Å². The second-order valence-electron chi connectivity index (χ2n) is 4.07. The molecule has 0 atom stereocenters. The second-order valence-corrected chi connectivity index (χ2v) is 5.51. The van der Waals surface area contributed by atoms with Crippen molar-refractivity contribution in [3.05, 3.63) is 5.01 Å². The Morgan fingerprint density at radius 1 is 1.50 bits per heavy atom. The van der Waals surface area contributed by atoms with E-state index < -0.39 is 11.7 Å². The number of rotatable bonds is 3. The number of aromatic nitrogens is 2. The third-order valence-corrected chi connectivity index (χ3v) is 2.47. The Bertz CT molecular complexity index is 362. The molecular formula is C9H14ClN3O2S. The number of anilines is 1. The number of hydrogen-bond donors (Lipinski definition) is 1. The van der Waals surface area contributed by atoms with E-state index in [1.165, 1.54) is 11.3 Å². The average molecular weight is 264 g/mol. The summed E-state index contributed by atoms with van der Waals surface area (Å²) in [6.07, 6.45) is 0.121. The third kappa shape index (κ3) is 4.76. The van der Waals surface area contributed by atoms with Crippen molar-refractivity contribution >= 4 is 34.2 Å². The number of aryl methyl sites for hydroxylation is 1. The zero-order valence-corrected chi connectivity index (χ0v) is 11.0. The highest BCUT2D eigenvalue weighted by atomic mass is 35.5. The first-order valence-corrected chi connectivity index (χ1v) is 6.14. The molecule has 0 saturated carbocycles. The number of amides is 1. The van der Waals surface area contributed by atoms with Crippen LogP contribution < -0.4 is 5.32 Å². The molecule has 1 aromatic rings. The Kier molecular flexibility index (Phi) is 4.49. The van der Waals surface area contributed by atoms with Gasteiger partial charge in [0, 0.05) is 12.3 Å². The Morgan fingerprint density at radius 2 is 2.19 bits per heavy atom. The molecule has 1 aromatic heterocycles. The molecule has 16 heavy (non-hydrogen) atoms. The van der Waals surface area contributed by atoms with Crippen molar-refractivity contribution < 1.29 is 9.53 Å². The summed E-state index contributed by atoms with van der Waals surface area (Å²) in [4.78, 5) is 11.4. The molecule has 1 amide bonds. The second kappa shape index (κ2) is 5.45. The lowest BCUT2D eigenvalue weighted by molar-refractivity contribution is 0.0636. The molecule has 0 unspecified atom stereocenters. The van der Waals surface area contributed by atoms with Crippen molar-refractivity contribution in [1.29, 1.82) is 0 Å². The maximum absolute atomic E-state index is 11.4. The van der Waals surface area contributed by atoms with Gasteiger partial charge in [0.1, 0.15) is 10.6 Å². The molecule has 0 aromatic carbocycles. The Morgan fingerprint density at radius 3 is 2.75 bits per heavy atom. The summed E-state index contributed by atoms with van der Waals surface area (Å²) in [5.74, 6) is 0.487. The van der Waals surface area contributed by atoms with Crippen molar-refractivity contribution in [3.8, 4) is 0 Å². The summed E-state index contributed by atoms with van der Waals surface area (Å²) in [5.41, 5.74) is -0.520. The van der Waals surface area contributed by atoms with Crippen molar-refractivity contribution in [2.75, 3.05) is 11.2 Å². The monoisotopic (exact) mass is 263 g/mol. The van der Waals surface area contributed by atoms with Crippen molar-refractivity contribution in [3.63, 3.8) is 0 Å². The fourth-order valence-electron chi connectivity index (χ4n) is 0.877. The van der Waals surface area contributed by atoms with Crippen LogP contribution in [0.25, 0.3) is 0 Å². The zero-order chi connectivity index (χ0) is 12.2. The van der Waals surface area contributed by atoms with Crippen molar-refractivity contribution in [2.45, 2.75) is 32.8 Å². The third-order valence-electron chi connectivity index (χ3n) is 1.38. The maximum Gasteiger partial charge on any atom is 0.414 e. The Hall–Kier alpha value is -0.880. The van der Waals surface area contributed by atoms with Crippen molar-refractivity contribution in [2.24, 2.45) is 0 Å². The molecule has 90 valence electrons. The number of carbonyl (C=O) groups excluding carboxylic acids is 1. The van der Waals surface area contributed by atoms with Crippen LogP contribution in [0.1, 0.15) is 25.8 Å². The molecule has 0 spiro atoms. The van der Waals surface area contributed by atoms with E-state index in [2.05, 4.69) is 15.5 Å². The van der Waals surface area contributed by atoms with Crippen LogP contribution in [0.3, 0.4) is 0 Å². The standard InChI is InChI=1S/C9H14ClN3O2S/c1-9(2,3)15-8(14)11-7-13-12-6(16-7)4-5-10/h4-5H2,1-3H3,(H,11,13,14). The van der Waals surface area contributed by atoms with E-state index in [0.29, 0.717) is 17.4 Å². The van der Waals surface area contributed by atoms with Gasteiger partial charge in [-0.15, -0.1) is 21.8 Å². The summed E-state index contributed by atoms with van der Waals surface area (Å²) >= 11 is 6.86. The quantitative estimate of drug-likeness (QED) is 0.852. The molecule has 1 N–H and O–H groups in total. The highest BCUT2D eigenvalue weighted by Gasteiger charge is 2.17. The number of nitrogens with zero attached hydrogens (tertiary/aromatic N) is 2. The van der Waals surface area contributed by atoms with Crippen LogP contribution in [-0.4, -0.2) is 27.8 Å². The highest BCUT2D eigenvalue weighted by Crippen LogP contribution is 2.17. The summed E-state index contributed by atoms with van der Waals surface area (Å²) in [5, 5.41) is 11.4. The van der Waals surface area contributed by atoms with Crippen LogP contribution in [0.15, 0.2) is 0 Å². The number of hydrogen-bond acceptors (Lipinski definition) is 5. The van der Waals surface area contributed by atoms with E-state index in [-0.39, 0.29) is 0 Å². The molecule has 7 heteroatoms. The Balaban J connectivity index is 2.50. The van der Waals surface area contributed by atoms with Gasteiger partial charge >= 0.3 is 6.09 Å². The van der Waals surface area contributed by atoms with Gasteiger partial charge in [0.25, 0.3) is 0 Å². The van der Waals surface area contributed by atoms with Gasteiger partial charge in [-0.05, 0) is 20.8 Å². The topological polar surface area (TPSA) is 64.1 Å². The molecule has 0 saturated heterocycles. The van der Waals surface area contributed by atoms with Crippen LogP contribution in [0.2, 0.25) is 0 Å². The maximum atomic E-state index is 11.4. The van der Waals surface area contributed by atoms with Gasteiger partial charge in [0.15, 0.2) is 0 Å². The average Bonchev–Trinajstić information content (AvgIpc) is 2.49. The lowest BCUT2D eigenvalue weighted by Gasteiger charge is -2.18. The SMILES string of the molecule is CC(C)(C)OC(=O)Nc1nnc(CCCl)s1. The fourth-order valence-corrected chi connectivity index (χ4v) is 1.89. The van der Waals surface area contributed by atoms with Crippen LogP contribution in [0, 0.1) is 0 Å². The minimum atomic E-state index is -0.527. The predicted octanol–water partition coefficient (Wildman–Crippen LogP) is 2.67. The molecule has 1 heterocycles. The molecule has 0 bridgehead atoms. The van der Waals surface area contributed by atoms with Gasteiger partial charge in [0.2, 0.25) is 5.13 Å². The van der Waals surface area contributed by atoms with Gasteiger partial charge in [-0.3, -0.25) is 5.32 Å². The molecule has 0 aliphatic rings. The van der Waals surface area contributed by atoms with Gasteiger partial charge in [0.05, 0.1) is 0 Å². The van der Waals surface area contributed by atoms with Crippen molar-refractivity contribution in [1.82, 2.24) is 10.2 Å². The molecule has 0 aliphatic heterocycles. The summed E-state index contributed by atoms with van der Waals surface area (Å²) in [6, 6.07) is 0. The van der Waals surface area contributed by atoms with Gasteiger partial charge in [-0.1, -0.05) is 11.3 Å². The predicted molar refractivity (Wildman–Crippen MR) is 64.2 cm³/mol. The van der Waals surface area contributed by atoms with E-state index >= 15 is 0 Å². The minimum absolute atomic E-state index is 0.425. The summed E-state index contributed by atoms with van der Waals surface area (Å²) in [7, 11) is 0. The molecule has 5 nitrogen and oxygen atoms in total. The van der Waals surface area contributed by atoms with E-state index in [1.54, 1.807) is 20.8 Å². The van der Waals surface area contributed by atoms with E-state index in [1.807, 2.05) is 0 Å². The van der Waals surface area contributed by atoms with Gasteiger partial charge in [-0.2, -0.15) is 0 Å². The van der Waals surface area contributed by atoms with Crippen LogP contribution in [-0.2, 0) is 11.2 Å². The fraction of sp³-hybridized carbons (Fsp3) is 0.667. The minimum Gasteiger partial charge on any atom is -0.444 e. The molecule has 0 radical (unpaired) electrons. The molecular weight excluding hydrogens is 250 g/mol. The Labute approximate surface area is 103 Å². The van der Waals surface area contributed by atoms with Crippen LogP contribution in [0.5, 0.6) is 0 Å². The normalized spacial score (nSPS) is 11.2. The number of ether oxygens (including phenoxy) is 1. The first-order chi connectivity index (χ1) is 7.40. The number of carbonyl (C=O) groups is 1. The largest absolute Gasteiger partial charge is 0.444 e. The van der Waals surface area contributed by atoms with E-state index in [4.69, 9.17) is 16.3 Å². The molecule has 0 fully saturated rings. The number of nitrogens with one attached hydrogen (secondary N) is 1. The lowest BCUT2D eigenvalue weighted by Crippen LogP contribution is -2.27. The smallest absolute Gasteiger partial charge is 0.414 e. The van der Waals surface area contributed by atoms with Crippen LogP contribution >= 0.6 is 22.9 Å². The molecule has 1 rings (SSSR count). The summed E-state index contributed by atoms with van der Waals surface area (Å²) in [6.45, 7) is 5.39. The number of halogens is 1. The van der Waals surface area contributed by atoms with Crippen LogP contribution in [0.4, 0.5) is 9.93 Å². The van der Waals surface area contributed by atoms with E-state index in [9.17, 15) is 4.79 Å². The highest BCUT2D eigenvalue weighted by molar-refractivity contribution is 7.15. The summed E-state index contributed by atoms with van der Waals surface area (Å²) < 4.78 is 5.07. The molecule has 0 aliphatic carbocycles. The van der Waals surface area contributed by atoms with E-state index in [0.717, 1.165) is 5.01 Å². The van der Waals surface area contributed by atoms with Gasteiger partial charge < -0.3 is 4.74 Å². The lowest BCUT2D eigenvalue weighted by atomic mass is 10.2. The first-order valence-electron chi connectivity index (χ1n) is 4.79. The first kappa shape index (κ1) is 13.2. The number of alkyl halides is 1. The zero-order valence-electron chi connectivity index (χ0n) is 9.41.